The Hall–Kier alpha value is -1.55. The second-order valence-electron chi connectivity index (χ2n) is 8.18. The topological polar surface area (TPSA) is 36.8 Å². The molecule has 0 unspecified atom stereocenters. The molecule has 1 saturated heterocycles. The maximum Gasteiger partial charge on any atom is 0.224 e. The maximum atomic E-state index is 12.3. The summed E-state index contributed by atoms with van der Waals surface area (Å²) in [5, 5.41) is 3.10. The first-order valence-electron chi connectivity index (χ1n) is 9.63. The van der Waals surface area contributed by atoms with Crippen molar-refractivity contribution in [3.05, 3.63) is 24.3 Å². The minimum Gasteiger partial charge on any atom is -0.360 e. The Morgan fingerprint density at radius 2 is 1.92 bits per heavy atom. The Kier molecular flexibility index (Phi) is 4.49. The van der Waals surface area contributed by atoms with Crippen molar-refractivity contribution in [1.29, 1.82) is 0 Å². The number of nitrogens with one attached hydrogen (secondary N) is 2. The number of carbonyl (C=O) groups excluding carboxylic acids is 1. The van der Waals surface area contributed by atoms with Crippen LogP contribution in [0.5, 0.6) is 0 Å². The van der Waals surface area contributed by atoms with Crippen LogP contribution in [0, 0.1) is 17.8 Å². The lowest BCUT2D eigenvalue weighted by molar-refractivity contribution is -0.880. The highest BCUT2D eigenvalue weighted by Gasteiger charge is 2.40. The second kappa shape index (κ2) is 6.75. The molecule has 1 aliphatic heterocycles. The Bertz CT molecular complexity index is 577. The van der Waals surface area contributed by atoms with Crippen LogP contribution in [0.3, 0.4) is 0 Å². The zero-order valence-corrected chi connectivity index (χ0v) is 14.8. The van der Waals surface area contributed by atoms with Crippen LogP contribution in [0.4, 0.5) is 11.4 Å². The average molecular weight is 328 g/mol. The molecule has 130 valence electrons. The molecule has 2 bridgehead atoms. The number of piperazine rings is 1. The molecule has 2 N–H and O–H groups in total. The molecule has 0 aromatic heterocycles. The van der Waals surface area contributed by atoms with E-state index in [1.165, 1.54) is 44.5 Å². The number of nitrogens with zero attached hydrogens (tertiary/aromatic N) is 1. The minimum absolute atomic E-state index is 0.198. The van der Waals surface area contributed by atoms with Gasteiger partial charge in [-0.2, -0.15) is 0 Å². The van der Waals surface area contributed by atoms with Crippen molar-refractivity contribution in [3.63, 3.8) is 0 Å². The number of benzene rings is 1. The molecule has 24 heavy (non-hydrogen) atoms. The molecule has 0 spiro atoms. The third-order valence-electron chi connectivity index (χ3n) is 6.47. The van der Waals surface area contributed by atoms with E-state index in [1.807, 2.05) is 0 Å². The van der Waals surface area contributed by atoms with E-state index in [0.29, 0.717) is 12.3 Å². The first-order chi connectivity index (χ1) is 11.7. The molecule has 3 aliphatic rings. The van der Waals surface area contributed by atoms with Gasteiger partial charge in [0.05, 0.1) is 33.2 Å². The van der Waals surface area contributed by atoms with E-state index >= 15 is 0 Å². The highest BCUT2D eigenvalue weighted by atomic mass is 16.1. The molecule has 0 radical (unpaired) electrons. The summed E-state index contributed by atoms with van der Waals surface area (Å²) in [5.74, 6) is 2.57. The number of hydrogen-bond acceptors (Lipinski definition) is 2. The fourth-order valence-corrected chi connectivity index (χ4v) is 4.98. The molecule has 3 fully saturated rings. The van der Waals surface area contributed by atoms with Crippen LogP contribution in [0.15, 0.2) is 24.3 Å². The van der Waals surface area contributed by atoms with Crippen LogP contribution in [0.2, 0.25) is 0 Å². The molecule has 2 saturated carbocycles. The van der Waals surface area contributed by atoms with E-state index in [-0.39, 0.29) is 5.91 Å². The fourth-order valence-electron chi connectivity index (χ4n) is 4.98. The molecule has 1 aromatic rings. The lowest BCUT2D eigenvalue weighted by Crippen LogP contribution is -3.12. The number of amides is 1. The monoisotopic (exact) mass is 328 g/mol. The van der Waals surface area contributed by atoms with E-state index in [4.69, 9.17) is 0 Å². The van der Waals surface area contributed by atoms with Gasteiger partial charge in [-0.25, -0.2) is 0 Å². The smallest absolute Gasteiger partial charge is 0.224 e. The maximum absolute atomic E-state index is 12.3. The van der Waals surface area contributed by atoms with Gasteiger partial charge in [-0.1, -0.05) is 6.42 Å². The number of likely N-dealkylation sites (N-methyl/N-ethyl adjacent to an activating group) is 1. The van der Waals surface area contributed by atoms with Crippen LogP contribution >= 0.6 is 0 Å². The third kappa shape index (κ3) is 3.44. The first kappa shape index (κ1) is 15.9. The SMILES string of the molecule is C[NH+]1CCN(c2ccc(NC(=O)C[C@@H]3C[C@H]4CC[C@@H]3C4)cc2)CC1. The van der Waals surface area contributed by atoms with Gasteiger partial charge in [0.2, 0.25) is 5.91 Å². The number of fused-ring (bicyclic) bond motifs is 2. The fraction of sp³-hybridized carbons (Fsp3) is 0.650. The molecule has 1 amide bonds. The van der Waals surface area contributed by atoms with Crippen molar-refractivity contribution in [2.45, 2.75) is 32.1 Å². The minimum atomic E-state index is 0.198. The van der Waals surface area contributed by atoms with E-state index < -0.39 is 0 Å². The molecule has 3 atom stereocenters. The van der Waals surface area contributed by atoms with Crippen molar-refractivity contribution in [3.8, 4) is 0 Å². The second-order valence-corrected chi connectivity index (χ2v) is 8.18. The molecule has 1 heterocycles. The van der Waals surface area contributed by atoms with Crippen LogP contribution in [-0.4, -0.2) is 39.1 Å². The summed E-state index contributed by atoms with van der Waals surface area (Å²) < 4.78 is 0. The Balaban J connectivity index is 1.29. The van der Waals surface area contributed by atoms with Crippen molar-refractivity contribution in [2.75, 3.05) is 43.4 Å². The summed E-state index contributed by atoms with van der Waals surface area (Å²) in [6, 6.07) is 8.40. The highest BCUT2D eigenvalue weighted by molar-refractivity contribution is 5.91. The van der Waals surface area contributed by atoms with Crippen molar-refractivity contribution >= 4 is 17.3 Å². The summed E-state index contributed by atoms with van der Waals surface area (Å²) in [6.07, 6.45) is 6.12. The van der Waals surface area contributed by atoms with Gasteiger partial charge in [0.1, 0.15) is 0 Å². The Labute approximate surface area is 145 Å². The Morgan fingerprint density at radius 3 is 2.54 bits per heavy atom. The van der Waals surface area contributed by atoms with Crippen LogP contribution in [0.25, 0.3) is 0 Å². The summed E-state index contributed by atoms with van der Waals surface area (Å²) in [6.45, 7) is 4.62. The quantitative estimate of drug-likeness (QED) is 0.884. The molecular formula is C20H30N3O+. The number of anilines is 2. The standard InChI is InChI=1S/C20H29N3O/c1-22-8-10-23(11-9-22)19-6-4-18(5-7-19)21-20(24)14-17-13-15-2-3-16(17)12-15/h4-7,15-17H,2-3,8-14H2,1H3,(H,21,24)/p+1/t15-,16+,17-/m0/s1. The molecular weight excluding hydrogens is 298 g/mol. The van der Waals surface area contributed by atoms with Crippen LogP contribution in [-0.2, 0) is 4.79 Å². The van der Waals surface area contributed by atoms with E-state index in [1.54, 1.807) is 4.90 Å². The Morgan fingerprint density at radius 1 is 1.17 bits per heavy atom. The number of hydrogen-bond donors (Lipinski definition) is 2. The van der Waals surface area contributed by atoms with Gasteiger partial charge >= 0.3 is 0 Å². The number of quaternary nitrogens is 1. The summed E-state index contributed by atoms with van der Waals surface area (Å²) in [7, 11) is 2.26. The predicted molar refractivity (Wildman–Crippen MR) is 97.5 cm³/mol. The molecule has 4 rings (SSSR count). The lowest BCUT2D eigenvalue weighted by Gasteiger charge is -2.31. The summed E-state index contributed by atoms with van der Waals surface area (Å²) >= 11 is 0. The lowest BCUT2D eigenvalue weighted by atomic mass is 9.86. The third-order valence-corrected chi connectivity index (χ3v) is 6.47. The largest absolute Gasteiger partial charge is 0.360 e. The van der Waals surface area contributed by atoms with Crippen molar-refractivity contribution in [1.82, 2.24) is 0 Å². The van der Waals surface area contributed by atoms with Gasteiger partial charge in [-0.15, -0.1) is 0 Å². The summed E-state index contributed by atoms with van der Waals surface area (Å²) in [5.41, 5.74) is 2.21. The van der Waals surface area contributed by atoms with Crippen molar-refractivity contribution < 1.29 is 9.69 Å². The molecule has 2 aliphatic carbocycles. The van der Waals surface area contributed by atoms with Gasteiger partial charge in [0, 0.05) is 17.8 Å². The summed E-state index contributed by atoms with van der Waals surface area (Å²) in [4.78, 5) is 16.4. The number of rotatable bonds is 4. The van der Waals surface area contributed by atoms with Crippen LogP contribution < -0.4 is 15.1 Å². The van der Waals surface area contributed by atoms with Gasteiger partial charge in [0.15, 0.2) is 0 Å². The average Bonchev–Trinajstić information content (AvgIpc) is 3.19. The van der Waals surface area contributed by atoms with E-state index in [2.05, 4.69) is 41.5 Å². The van der Waals surface area contributed by atoms with Crippen LogP contribution in [0.1, 0.15) is 32.1 Å². The van der Waals surface area contributed by atoms with Gasteiger partial charge < -0.3 is 15.1 Å². The molecule has 1 aromatic carbocycles. The van der Waals surface area contributed by atoms with Gasteiger partial charge in [-0.3, -0.25) is 4.79 Å². The number of carbonyl (C=O) groups is 1. The van der Waals surface area contributed by atoms with Crippen molar-refractivity contribution in [2.24, 2.45) is 17.8 Å². The first-order valence-corrected chi connectivity index (χ1v) is 9.63. The molecule has 4 heteroatoms. The van der Waals surface area contributed by atoms with E-state index in [0.717, 1.165) is 30.6 Å². The zero-order chi connectivity index (χ0) is 16.5. The zero-order valence-electron chi connectivity index (χ0n) is 14.8. The normalized spacial score (nSPS) is 29.9. The van der Waals surface area contributed by atoms with Gasteiger partial charge in [0.25, 0.3) is 0 Å². The van der Waals surface area contributed by atoms with E-state index in [9.17, 15) is 4.79 Å². The highest BCUT2D eigenvalue weighted by Crippen LogP contribution is 2.49. The predicted octanol–water partition coefficient (Wildman–Crippen LogP) is 1.79. The molecule has 4 nitrogen and oxygen atoms in total. The van der Waals surface area contributed by atoms with Gasteiger partial charge in [-0.05, 0) is 61.3 Å².